The molecule has 2 aliphatic carbocycles. The summed E-state index contributed by atoms with van der Waals surface area (Å²) in [6.45, 7) is 8.00. The molecule has 1 fully saturated rings. The second-order valence-corrected chi connectivity index (χ2v) is 8.73. The molecule has 142 valence electrons. The van der Waals surface area contributed by atoms with Crippen molar-refractivity contribution in [1.29, 1.82) is 0 Å². The van der Waals surface area contributed by atoms with Crippen molar-refractivity contribution in [3.63, 3.8) is 0 Å². The number of hydrogen-bond acceptors (Lipinski definition) is 4. The molecule has 1 amide bonds. The number of amides is 1. The number of allylic oxidation sites excluding steroid dienone is 3. The number of benzene rings is 1. The Morgan fingerprint density at radius 2 is 2.00 bits per heavy atom. The number of para-hydroxylation sites is 1. The van der Waals surface area contributed by atoms with Gasteiger partial charge in [-0.3, -0.25) is 4.79 Å². The summed E-state index contributed by atoms with van der Waals surface area (Å²) < 4.78 is 5.34. The van der Waals surface area contributed by atoms with E-state index < -0.39 is 17.1 Å². The molecule has 1 aromatic carbocycles. The quantitative estimate of drug-likeness (QED) is 0.856. The Hall–Kier alpha value is -2.56. The van der Waals surface area contributed by atoms with Crippen LogP contribution in [0.4, 0.5) is 10.5 Å². The third-order valence-corrected chi connectivity index (χ3v) is 5.86. The molecule has 0 bridgehead atoms. The fourth-order valence-electron chi connectivity index (χ4n) is 4.89. The van der Waals surface area contributed by atoms with Crippen molar-refractivity contribution in [3.8, 4) is 0 Å². The highest BCUT2D eigenvalue weighted by Gasteiger charge is 2.81. The number of hydrogen-bond donors (Lipinski definition) is 2. The van der Waals surface area contributed by atoms with Crippen molar-refractivity contribution in [2.45, 2.75) is 51.2 Å². The summed E-state index contributed by atoms with van der Waals surface area (Å²) in [5.74, 6) is 0.136. The SMILES string of the molecule is CC1=CC2(C(=O)C=C1)C1Nc3ccccc3C12CCNC(=O)OC(C)(C)C. The van der Waals surface area contributed by atoms with E-state index in [1.807, 2.05) is 45.9 Å². The van der Waals surface area contributed by atoms with E-state index in [1.54, 1.807) is 6.08 Å². The first-order valence-electron chi connectivity index (χ1n) is 9.46. The van der Waals surface area contributed by atoms with Crippen LogP contribution >= 0.6 is 0 Å². The molecular weight excluding hydrogens is 340 g/mol. The lowest BCUT2D eigenvalue weighted by Gasteiger charge is -2.26. The Bertz CT molecular complexity index is 880. The molecule has 1 spiro atoms. The molecule has 2 N–H and O–H groups in total. The van der Waals surface area contributed by atoms with Gasteiger partial charge in [0.1, 0.15) is 5.60 Å². The summed E-state index contributed by atoms with van der Waals surface area (Å²) in [6.07, 6.45) is 5.92. The first kappa shape index (κ1) is 17.8. The lowest BCUT2D eigenvalue weighted by Crippen LogP contribution is -2.35. The van der Waals surface area contributed by atoms with Crippen LogP contribution in [0.2, 0.25) is 0 Å². The number of fused-ring (bicyclic) bond motifs is 5. The standard InChI is InChI=1S/C22H26N2O3/c1-14-9-10-17(25)22(13-14)18-21(22,15-7-5-6-8-16(15)24-18)11-12-23-19(26)27-20(2,3)4/h5-10,13,18,24H,11-12H2,1-4H3,(H,23,26). The molecule has 5 nitrogen and oxygen atoms in total. The van der Waals surface area contributed by atoms with Gasteiger partial charge in [0.05, 0.1) is 11.5 Å². The smallest absolute Gasteiger partial charge is 0.407 e. The van der Waals surface area contributed by atoms with Crippen molar-refractivity contribution in [3.05, 3.63) is 53.6 Å². The predicted molar refractivity (Wildman–Crippen MR) is 105 cm³/mol. The zero-order chi connectivity index (χ0) is 19.4. The maximum absolute atomic E-state index is 13.0. The molecule has 5 heteroatoms. The number of anilines is 1. The highest BCUT2D eigenvalue weighted by molar-refractivity contribution is 6.06. The predicted octanol–water partition coefficient (Wildman–Crippen LogP) is 3.72. The largest absolute Gasteiger partial charge is 0.444 e. The van der Waals surface area contributed by atoms with Gasteiger partial charge in [0.2, 0.25) is 0 Å². The zero-order valence-corrected chi connectivity index (χ0v) is 16.3. The van der Waals surface area contributed by atoms with Crippen LogP contribution in [0.3, 0.4) is 0 Å². The molecule has 27 heavy (non-hydrogen) atoms. The molecular formula is C22H26N2O3. The molecule has 0 radical (unpaired) electrons. The van der Waals surface area contributed by atoms with E-state index in [4.69, 9.17) is 4.74 Å². The monoisotopic (exact) mass is 366 g/mol. The van der Waals surface area contributed by atoms with E-state index in [9.17, 15) is 9.59 Å². The molecule has 1 aliphatic heterocycles. The Labute approximate surface area is 159 Å². The Kier molecular flexibility index (Phi) is 3.78. The van der Waals surface area contributed by atoms with Crippen molar-refractivity contribution in [2.75, 3.05) is 11.9 Å². The van der Waals surface area contributed by atoms with Gasteiger partial charge in [0, 0.05) is 17.6 Å². The van der Waals surface area contributed by atoms with Gasteiger partial charge in [-0.05, 0) is 51.8 Å². The Morgan fingerprint density at radius 3 is 2.74 bits per heavy atom. The van der Waals surface area contributed by atoms with Crippen LogP contribution in [-0.4, -0.2) is 30.1 Å². The number of carbonyl (C=O) groups is 2. The number of rotatable bonds is 3. The summed E-state index contributed by atoms with van der Waals surface area (Å²) in [5, 5.41) is 6.41. The van der Waals surface area contributed by atoms with E-state index in [0.717, 1.165) is 16.8 Å². The summed E-state index contributed by atoms with van der Waals surface area (Å²) in [4.78, 5) is 25.0. The molecule has 4 rings (SSSR count). The van der Waals surface area contributed by atoms with Crippen molar-refractivity contribution >= 4 is 17.6 Å². The normalized spacial score (nSPS) is 30.3. The third-order valence-electron chi connectivity index (χ3n) is 5.86. The number of alkyl carbamates (subject to hydrolysis) is 1. The third kappa shape index (κ3) is 2.52. The molecule has 1 aromatic rings. The maximum atomic E-state index is 13.0. The van der Waals surface area contributed by atoms with Crippen molar-refractivity contribution < 1.29 is 14.3 Å². The zero-order valence-electron chi connectivity index (χ0n) is 16.3. The highest BCUT2D eigenvalue weighted by Crippen LogP contribution is 2.74. The van der Waals surface area contributed by atoms with Gasteiger partial charge in [0.15, 0.2) is 5.78 Å². The summed E-state index contributed by atoms with van der Waals surface area (Å²) in [7, 11) is 0. The number of ether oxygens (including phenoxy) is 1. The molecule has 3 unspecified atom stereocenters. The molecule has 1 saturated carbocycles. The van der Waals surface area contributed by atoms with Crippen LogP contribution in [0.5, 0.6) is 0 Å². The number of nitrogens with one attached hydrogen (secondary N) is 2. The van der Waals surface area contributed by atoms with Crippen molar-refractivity contribution in [2.24, 2.45) is 5.41 Å². The van der Waals surface area contributed by atoms with E-state index in [-0.39, 0.29) is 17.2 Å². The molecule has 3 aliphatic rings. The Balaban J connectivity index is 1.60. The maximum Gasteiger partial charge on any atom is 0.407 e. The van der Waals surface area contributed by atoms with Gasteiger partial charge in [-0.2, -0.15) is 0 Å². The van der Waals surface area contributed by atoms with Crippen LogP contribution in [-0.2, 0) is 14.9 Å². The first-order chi connectivity index (χ1) is 12.7. The number of carbonyl (C=O) groups excluding carboxylic acids is 2. The fraction of sp³-hybridized carbons (Fsp3) is 0.455. The average molecular weight is 366 g/mol. The fourth-order valence-corrected chi connectivity index (χ4v) is 4.89. The summed E-state index contributed by atoms with van der Waals surface area (Å²) >= 11 is 0. The molecule has 1 heterocycles. The highest BCUT2D eigenvalue weighted by atomic mass is 16.6. The van der Waals surface area contributed by atoms with Gasteiger partial charge < -0.3 is 15.4 Å². The van der Waals surface area contributed by atoms with Crippen LogP contribution < -0.4 is 10.6 Å². The number of ketones is 1. The van der Waals surface area contributed by atoms with E-state index in [2.05, 4.69) is 28.8 Å². The molecule has 3 atom stereocenters. The van der Waals surface area contributed by atoms with E-state index >= 15 is 0 Å². The molecule has 0 aromatic heterocycles. The average Bonchev–Trinajstić information content (AvgIpc) is 2.93. The van der Waals surface area contributed by atoms with Gasteiger partial charge in [-0.15, -0.1) is 0 Å². The van der Waals surface area contributed by atoms with Crippen LogP contribution in [0, 0.1) is 5.41 Å². The second kappa shape index (κ2) is 5.72. The minimum Gasteiger partial charge on any atom is -0.444 e. The summed E-state index contributed by atoms with van der Waals surface area (Å²) in [5.41, 5.74) is 1.92. The lowest BCUT2D eigenvalue weighted by molar-refractivity contribution is -0.118. The first-order valence-corrected chi connectivity index (χ1v) is 9.46. The van der Waals surface area contributed by atoms with Gasteiger partial charge in [0.25, 0.3) is 0 Å². The van der Waals surface area contributed by atoms with Crippen molar-refractivity contribution in [1.82, 2.24) is 5.32 Å². The van der Waals surface area contributed by atoms with E-state index in [1.165, 1.54) is 0 Å². The topological polar surface area (TPSA) is 67.4 Å². The van der Waals surface area contributed by atoms with Gasteiger partial charge in [-0.25, -0.2) is 4.79 Å². The lowest BCUT2D eigenvalue weighted by atomic mass is 9.77. The van der Waals surface area contributed by atoms with Crippen LogP contribution in [0.15, 0.2) is 48.1 Å². The second-order valence-electron chi connectivity index (χ2n) is 8.73. The van der Waals surface area contributed by atoms with Gasteiger partial charge >= 0.3 is 6.09 Å². The minimum atomic E-state index is -0.560. The Morgan fingerprint density at radius 1 is 1.26 bits per heavy atom. The summed E-state index contributed by atoms with van der Waals surface area (Å²) in [6, 6.07) is 8.18. The van der Waals surface area contributed by atoms with Gasteiger partial charge in [-0.1, -0.05) is 35.9 Å². The molecule has 0 saturated heterocycles. The van der Waals surface area contributed by atoms with Crippen LogP contribution in [0.25, 0.3) is 0 Å². The van der Waals surface area contributed by atoms with E-state index in [0.29, 0.717) is 13.0 Å². The van der Waals surface area contributed by atoms with Crippen LogP contribution in [0.1, 0.15) is 39.7 Å². The minimum absolute atomic E-state index is 0.0234.